The number of carbonyl (C=O) groups is 1. The number of halogens is 1. The number of benzene rings is 1. The number of carbonyl (C=O) groups excluding carboxylic acids is 1. The Morgan fingerprint density at radius 1 is 1.13 bits per heavy atom. The van der Waals surface area contributed by atoms with E-state index in [4.69, 9.17) is 30.5 Å². The number of piperidine rings is 1. The first-order valence-corrected chi connectivity index (χ1v) is 13.5. The molecule has 11 heteroatoms. The summed E-state index contributed by atoms with van der Waals surface area (Å²) in [6.45, 7) is 10.8. The van der Waals surface area contributed by atoms with Gasteiger partial charge < -0.3 is 34.3 Å². The second kappa shape index (κ2) is 11.2. The molecule has 0 unspecified atom stereocenters. The number of morpholine rings is 1. The van der Waals surface area contributed by atoms with E-state index in [-0.39, 0.29) is 6.09 Å². The highest BCUT2D eigenvalue weighted by Crippen LogP contribution is 2.31. The molecule has 2 fully saturated rings. The van der Waals surface area contributed by atoms with Crippen LogP contribution in [0.25, 0.3) is 11.1 Å². The number of fused-ring (bicyclic) bond motifs is 1. The highest BCUT2D eigenvalue weighted by molar-refractivity contribution is 6.33. The zero-order valence-corrected chi connectivity index (χ0v) is 22.9. The molecular formula is C27H35ClN6O4. The molecule has 0 aliphatic carbocycles. The summed E-state index contributed by atoms with van der Waals surface area (Å²) < 4.78 is 16.6. The topological polar surface area (TPSA) is 105 Å². The van der Waals surface area contributed by atoms with Gasteiger partial charge in [0.05, 0.1) is 30.2 Å². The third kappa shape index (κ3) is 6.42. The molecule has 0 radical (unpaired) electrons. The minimum Gasteiger partial charge on any atom is -0.459 e. The van der Waals surface area contributed by atoms with Crippen molar-refractivity contribution in [2.24, 2.45) is 5.92 Å². The van der Waals surface area contributed by atoms with Crippen molar-refractivity contribution in [1.29, 1.82) is 0 Å². The van der Waals surface area contributed by atoms with Crippen molar-refractivity contribution in [2.75, 3.05) is 61.5 Å². The second-order valence-corrected chi connectivity index (χ2v) is 11.1. The Morgan fingerprint density at radius 3 is 2.61 bits per heavy atom. The van der Waals surface area contributed by atoms with E-state index < -0.39 is 5.60 Å². The molecule has 0 atom stereocenters. The van der Waals surface area contributed by atoms with Gasteiger partial charge in [0.15, 0.2) is 11.4 Å². The number of furan rings is 1. The number of rotatable bonds is 6. The largest absolute Gasteiger partial charge is 0.459 e. The molecule has 2 saturated heterocycles. The highest BCUT2D eigenvalue weighted by Gasteiger charge is 2.27. The Kier molecular flexibility index (Phi) is 7.80. The lowest BCUT2D eigenvalue weighted by molar-refractivity contribution is 0.0188. The normalized spacial score (nSPS) is 17.1. The van der Waals surface area contributed by atoms with Crippen LogP contribution in [0.5, 0.6) is 0 Å². The summed E-state index contributed by atoms with van der Waals surface area (Å²) in [5.74, 6) is 1.49. The number of nitrogens with zero attached hydrogens (tertiary/aromatic N) is 4. The van der Waals surface area contributed by atoms with E-state index in [1.807, 2.05) is 45.0 Å². The molecule has 3 aromatic rings. The summed E-state index contributed by atoms with van der Waals surface area (Å²) in [6, 6.07) is 7.70. The van der Waals surface area contributed by atoms with E-state index in [2.05, 4.69) is 20.5 Å². The lowest BCUT2D eigenvalue weighted by Gasteiger charge is -2.33. The Morgan fingerprint density at radius 2 is 1.89 bits per heavy atom. The fourth-order valence-electron chi connectivity index (χ4n) is 4.70. The molecule has 0 spiro atoms. The number of anilines is 4. The van der Waals surface area contributed by atoms with Crippen LogP contribution in [0.2, 0.25) is 5.02 Å². The average Bonchev–Trinajstić information content (AvgIpc) is 3.36. The molecule has 204 valence electrons. The summed E-state index contributed by atoms with van der Waals surface area (Å²) in [5.41, 5.74) is 2.63. The van der Waals surface area contributed by atoms with Gasteiger partial charge in [-0.25, -0.2) is 9.78 Å². The Hall–Kier alpha value is -3.24. The van der Waals surface area contributed by atoms with E-state index in [0.29, 0.717) is 66.7 Å². The summed E-state index contributed by atoms with van der Waals surface area (Å²) in [4.78, 5) is 25.7. The minimum absolute atomic E-state index is 0.245. The van der Waals surface area contributed by atoms with Crippen molar-refractivity contribution >= 4 is 51.9 Å². The predicted octanol–water partition coefficient (Wildman–Crippen LogP) is 5.52. The first kappa shape index (κ1) is 26.4. The van der Waals surface area contributed by atoms with Gasteiger partial charge in [0.25, 0.3) is 0 Å². The standard InChI is InChI=1S/C27H35ClN6O4/c1-27(2,3)38-26(35)34-9-6-18(7-10-34)17-29-24-23-21(8-13-37-23)31-25(32-24)30-19-4-5-22(20(28)16-19)33-11-14-36-15-12-33/h4-5,8,13,16,18H,6-7,9-12,14-15,17H2,1-3H3,(H2,29,30,31,32). The minimum atomic E-state index is -0.487. The molecule has 38 heavy (non-hydrogen) atoms. The third-order valence-electron chi connectivity index (χ3n) is 6.68. The smallest absolute Gasteiger partial charge is 0.410 e. The first-order valence-electron chi connectivity index (χ1n) is 13.1. The quantitative estimate of drug-likeness (QED) is 0.416. The fraction of sp³-hybridized carbons (Fsp3) is 0.519. The number of hydrogen-bond donors (Lipinski definition) is 2. The molecule has 10 nitrogen and oxygen atoms in total. The van der Waals surface area contributed by atoms with Gasteiger partial charge in [0.1, 0.15) is 11.1 Å². The van der Waals surface area contributed by atoms with Crippen LogP contribution >= 0.6 is 11.6 Å². The summed E-state index contributed by atoms with van der Waals surface area (Å²) in [7, 11) is 0. The molecule has 2 aromatic heterocycles. The number of ether oxygens (including phenoxy) is 2. The maximum absolute atomic E-state index is 12.4. The van der Waals surface area contributed by atoms with E-state index in [9.17, 15) is 4.79 Å². The lowest BCUT2D eigenvalue weighted by Crippen LogP contribution is -2.42. The maximum Gasteiger partial charge on any atom is 0.410 e. The zero-order valence-electron chi connectivity index (χ0n) is 22.1. The predicted molar refractivity (Wildman–Crippen MR) is 149 cm³/mol. The SMILES string of the molecule is CC(C)(C)OC(=O)N1CCC(CNc2nc(Nc3ccc(N4CCOCC4)c(Cl)c3)nc3ccoc23)CC1. The van der Waals surface area contributed by atoms with Crippen LogP contribution in [0.15, 0.2) is 34.9 Å². The van der Waals surface area contributed by atoms with Crippen molar-refractivity contribution in [3.05, 3.63) is 35.6 Å². The molecule has 2 aliphatic rings. The van der Waals surface area contributed by atoms with E-state index in [1.165, 1.54) is 0 Å². The monoisotopic (exact) mass is 542 g/mol. The fourth-order valence-corrected chi connectivity index (χ4v) is 5.00. The lowest BCUT2D eigenvalue weighted by atomic mass is 9.97. The molecule has 1 amide bonds. The van der Waals surface area contributed by atoms with E-state index in [0.717, 1.165) is 37.3 Å². The van der Waals surface area contributed by atoms with Gasteiger partial charge in [0, 0.05) is 44.5 Å². The molecule has 1 aromatic carbocycles. The summed E-state index contributed by atoms with van der Waals surface area (Å²) in [6.07, 6.45) is 3.14. The van der Waals surface area contributed by atoms with Crippen LogP contribution < -0.4 is 15.5 Å². The van der Waals surface area contributed by atoms with Gasteiger partial charge in [-0.05, 0) is 57.7 Å². The maximum atomic E-state index is 12.4. The number of nitrogens with one attached hydrogen (secondary N) is 2. The number of aromatic nitrogens is 2. The Bertz CT molecular complexity index is 1260. The van der Waals surface area contributed by atoms with Crippen LogP contribution in [0.3, 0.4) is 0 Å². The Labute approximate surface area is 227 Å². The van der Waals surface area contributed by atoms with E-state index in [1.54, 1.807) is 11.2 Å². The van der Waals surface area contributed by atoms with Gasteiger partial charge in [0.2, 0.25) is 5.95 Å². The first-order chi connectivity index (χ1) is 18.2. The molecular weight excluding hydrogens is 508 g/mol. The molecule has 0 saturated carbocycles. The Balaban J connectivity index is 1.22. The van der Waals surface area contributed by atoms with Gasteiger partial charge in [-0.15, -0.1) is 0 Å². The van der Waals surface area contributed by atoms with Crippen LogP contribution in [0.1, 0.15) is 33.6 Å². The average molecular weight is 543 g/mol. The molecule has 4 heterocycles. The number of hydrogen-bond acceptors (Lipinski definition) is 9. The second-order valence-electron chi connectivity index (χ2n) is 10.7. The van der Waals surface area contributed by atoms with Gasteiger partial charge in [-0.3, -0.25) is 0 Å². The van der Waals surface area contributed by atoms with Crippen LogP contribution in [0, 0.1) is 5.92 Å². The molecule has 0 bridgehead atoms. The van der Waals surface area contributed by atoms with Crippen molar-refractivity contribution in [3.63, 3.8) is 0 Å². The van der Waals surface area contributed by atoms with Gasteiger partial charge >= 0.3 is 6.09 Å². The molecule has 2 aliphatic heterocycles. The summed E-state index contributed by atoms with van der Waals surface area (Å²) in [5, 5.41) is 7.40. The van der Waals surface area contributed by atoms with Crippen LogP contribution in [-0.4, -0.2) is 72.5 Å². The zero-order chi connectivity index (χ0) is 26.7. The highest BCUT2D eigenvalue weighted by atomic mass is 35.5. The summed E-state index contributed by atoms with van der Waals surface area (Å²) >= 11 is 6.61. The number of amides is 1. The van der Waals surface area contributed by atoms with Gasteiger partial charge in [-0.2, -0.15) is 4.98 Å². The van der Waals surface area contributed by atoms with Gasteiger partial charge in [-0.1, -0.05) is 11.6 Å². The van der Waals surface area contributed by atoms with Crippen LogP contribution in [0.4, 0.5) is 27.9 Å². The third-order valence-corrected chi connectivity index (χ3v) is 6.99. The molecule has 2 N–H and O–H groups in total. The van der Waals surface area contributed by atoms with Crippen LogP contribution in [-0.2, 0) is 9.47 Å². The van der Waals surface area contributed by atoms with Crippen molar-refractivity contribution in [1.82, 2.24) is 14.9 Å². The van der Waals surface area contributed by atoms with Crippen molar-refractivity contribution in [3.8, 4) is 0 Å². The van der Waals surface area contributed by atoms with E-state index >= 15 is 0 Å². The van der Waals surface area contributed by atoms with Crippen molar-refractivity contribution in [2.45, 2.75) is 39.2 Å². The molecule has 5 rings (SSSR count). The van der Waals surface area contributed by atoms with Crippen molar-refractivity contribution < 1.29 is 18.7 Å². The number of likely N-dealkylation sites (tertiary alicyclic amines) is 1.